The smallest absolute Gasteiger partial charge is 0.155 e. The van der Waals surface area contributed by atoms with E-state index in [4.69, 9.17) is 8.37 Å². The van der Waals surface area contributed by atoms with Crippen molar-refractivity contribution in [1.29, 1.82) is 0 Å². The van der Waals surface area contributed by atoms with Gasteiger partial charge in [0.2, 0.25) is 0 Å². The predicted octanol–water partition coefficient (Wildman–Crippen LogP) is 2.41. The van der Waals surface area contributed by atoms with Gasteiger partial charge in [-0.15, -0.1) is 0 Å². The first-order valence-electron chi connectivity index (χ1n) is 12.3. The topological polar surface area (TPSA) is 48.5 Å². The molecule has 0 aromatic heterocycles. The molecule has 0 spiro atoms. The molecule has 0 bridgehead atoms. The van der Waals surface area contributed by atoms with Crippen molar-refractivity contribution in [2.75, 3.05) is 103 Å². The van der Waals surface area contributed by atoms with Crippen LogP contribution in [0.1, 0.15) is 40.5 Å². The molecule has 1 aliphatic heterocycles. The molecule has 1 unspecified atom stereocenters. The Kier molecular flexibility index (Phi) is 18.6. The molecule has 0 saturated carbocycles. The molecular weight excluding hydrogens is 432 g/mol. The molecule has 0 aromatic rings. The normalized spacial score (nSPS) is 17.1. The summed E-state index contributed by atoms with van der Waals surface area (Å²) in [6.07, 6.45) is 2.12. The fourth-order valence-electron chi connectivity index (χ4n) is 3.67. The summed E-state index contributed by atoms with van der Waals surface area (Å²) in [5.74, 6) is 1.71. The SMILES string of the molecule is CCN(CC)CCOSCCCN1CCN(CCCS(=O)OCCN(CC)CC)CC1. The van der Waals surface area contributed by atoms with Gasteiger partial charge in [0.05, 0.1) is 19.0 Å². The fraction of sp³-hybridized carbons (Fsp3) is 1.00. The quantitative estimate of drug-likeness (QED) is 0.195. The van der Waals surface area contributed by atoms with Gasteiger partial charge in [-0.05, 0) is 64.2 Å². The maximum atomic E-state index is 12.0. The second-order valence-corrected chi connectivity index (χ2v) is 10.0. The van der Waals surface area contributed by atoms with Gasteiger partial charge in [0.15, 0.2) is 11.1 Å². The number of nitrogens with zero attached hydrogens (tertiary/aromatic N) is 4. The minimum atomic E-state index is -1.14. The monoisotopic (exact) mass is 480 g/mol. The van der Waals surface area contributed by atoms with Crippen LogP contribution in [-0.4, -0.2) is 127 Å². The Balaban J connectivity index is 1.95. The summed E-state index contributed by atoms with van der Waals surface area (Å²) >= 11 is 0.477. The summed E-state index contributed by atoms with van der Waals surface area (Å²) in [6.45, 7) is 22.8. The van der Waals surface area contributed by atoms with E-state index < -0.39 is 11.1 Å². The van der Waals surface area contributed by atoms with Crippen LogP contribution in [0, 0.1) is 0 Å². The highest BCUT2D eigenvalue weighted by molar-refractivity contribution is 7.94. The molecule has 1 atom stereocenters. The van der Waals surface area contributed by atoms with E-state index in [0.717, 1.165) is 97.3 Å². The van der Waals surface area contributed by atoms with E-state index in [0.29, 0.717) is 12.4 Å². The highest BCUT2D eigenvalue weighted by atomic mass is 32.2. The summed E-state index contributed by atoms with van der Waals surface area (Å²) in [6, 6.07) is 0. The number of likely N-dealkylation sites (N-methyl/N-ethyl adjacent to an activating group) is 2. The van der Waals surface area contributed by atoms with E-state index in [9.17, 15) is 4.21 Å². The molecule has 0 amide bonds. The van der Waals surface area contributed by atoms with E-state index in [1.54, 1.807) is 12.0 Å². The lowest BCUT2D eigenvalue weighted by molar-refractivity contribution is 0.133. The predicted molar refractivity (Wildman–Crippen MR) is 135 cm³/mol. The molecule has 0 aromatic carbocycles. The van der Waals surface area contributed by atoms with Crippen molar-refractivity contribution < 1.29 is 12.6 Å². The van der Waals surface area contributed by atoms with Crippen molar-refractivity contribution in [1.82, 2.24) is 19.6 Å². The van der Waals surface area contributed by atoms with Crippen molar-refractivity contribution in [2.24, 2.45) is 0 Å². The van der Waals surface area contributed by atoms with Crippen LogP contribution in [0.3, 0.4) is 0 Å². The van der Waals surface area contributed by atoms with Crippen LogP contribution in [0.25, 0.3) is 0 Å². The van der Waals surface area contributed by atoms with E-state index in [1.165, 1.54) is 6.42 Å². The maximum Gasteiger partial charge on any atom is 0.155 e. The van der Waals surface area contributed by atoms with Crippen molar-refractivity contribution in [3.63, 3.8) is 0 Å². The van der Waals surface area contributed by atoms with Crippen LogP contribution in [0.4, 0.5) is 0 Å². The second kappa shape index (κ2) is 19.7. The molecule has 0 N–H and O–H groups in total. The molecule has 186 valence electrons. The lowest BCUT2D eigenvalue weighted by atomic mass is 10.3. The van der Waals surface area contributed by atoms with Gasteiger partial charge in [-0.25, -0.2) is 4.21 Å². The summed E-state index contributed by atoms with van der Waals surface area (Å²) in [7, 11) is 0. The van der Waals surface area contributed by atoms with Crippen LogP contribution >= 0.6 is 12.0 Å². The van der Waals surface area contributed by atoms with Gasteiger partial charge in [-0.3, -0.25) is 4.18 Å². The van der Waals surface area contributed by atoms with Gasteiger partial charge in [-0.2, -0.15) is 0 Å². The van der Waals surface area contributed by atoms with Gasteiger partial charge >= 0.3 is 0 Å². The van der Waals surface area contributed by atoms with Crippen LogP contribution in [-0.2, 0) is 19.4 Å². The second-order valence-electron chi connectivity index (χ2n) is 7.92. The molecule has 0 aliphatic carbocycles. The van der Waals surface area contributed by atoms with Crippen LogP contribution in [0.2, 0.25) is 0 Å². The Morgan fingerprint density at radius 2 is 1.32 bits per heavy atom. The minimum Gasteiger partial charge on any atom is -0.314 e. The average molecular weight is 481 g/mol. The summed E-state index contributed by atoms with van der Waals surface area (Å²) in [4.78, 5) is 9.73. The van der Waals surface area contributed by atoms with Crippen LogP contribution in [0.5, 0.6) is 0 Å². The molecule has 7 nitrogen and oxygen atoms in total. The largest absolute Gasteiger partial charge is 0.314 e. The van der Waals surface area contributed by atoms with Crippen molar-refractivity contribution >= 4 is 23.1 Å². The van der Waals surface area contributed by atoms with E-state index in [2.05, 4.69) is 47.3 Å². The van der Waals surface area contributed by atoms with Gasteiger partial charge in [-0.1, -0.05) is 27.7 Å². The van der Waals surface area contributed by atoms with Gasteiger partial charge in [0, 0.05) is 45.0 Å². The third-order valence-electron chi connectivity index (χ3n) is 5.94. The average Bonchev–Trinajstić information content (AvgIpc) is 2.79. The first-order chi connectivity index (χ1) is 15.1. The molecule has 0 radical (unpaired) electrons. The highest BCUT2D eigenvalue weighted by Gasteiger charge is 2.16. The number of hydrogen-bond donors (Lipinski definition) is 0. The van der Waals surface area contributed by atoms with Gasteiger partial charge in [0.25, 0.3) is 0 Å². The lowest BCUT2D eigenvalue weighted by Crippen LogP contribution is -2.47. The Morgan fingerprint density at radius 3 is 1.87 bits per heavy atom. The van der Waals surface area contributed by atoms with E-state index >= 15 is 0 Å². The molecule has 9 heteroatoms. The van der Waals surface area contributed by atoms with Crippen LogP contribution < -0.4 is 0 Å². The first-order valence-corrected chi connectivity index (χ1v) is 14.4. The van der Waals surface area contributed by atoms with Crippen molar-refractivity contribution in [3.05, 3.63) is 0 Å². The van der Waals surface area contributed by atoms with Crippen molar-refractivity contribution in [2.45, 2.75) is 40.5 Å². The molecule has 31 heavy (non-hydrogen) atoms. The Labute approximate surface area is 199 Å². The fourth-order valence-corrected chi connectivity index (χ4v) is 4.97. The van der Waals surface area contributed by atoms with Crippen molar-refractivity contribution in [3.8, 4) is 0 Å². The van der Waals surface area contributed by atoms with Crippen LogP contribution in [0.15, 0.2) is 0 Å². The summed E-state index contributed by atoms with van der Waals surface area (Å²) in [5, 5.41) is 0. The maximum absolute atomic E-state index is 12.0. The van der Waals surface area contributed by atoms with E-state index in [1.807, 2.05) is 0 Å². The molecule has 1 aliphatic rings. The third-order valence-corrected chi connectivity index (χ3v) is 7.78. The molecule has 1 heterocycles. The number of piperazine rings is 1. The molecule has 1 rings (SSSR count). The Bertz CT molecular complexity index is 433. The van der Waals surface area contributed by atoms with E-state index in [-0.39, 0.29) is 0 Å². The standard InChI is InChI=1S/C22H48N4O3S2/c1-5-23(6-2)17-19-28-30-21-9-11-25-13-15-26(16-14-25)12-10-22-31(27)29-20-18-24(7-3)8-4/h5-22H2,1-4H3. The number of hydrogen-bond acceptors (Lipinski definition) is 8. The minimum absolute atomic E-state index is 0.562. The molecule has 1 saturated heterocycles. The zero-order chi connectivity index (χ0) is 22.7. The molecule has 1 fully saturated rings. The highest BCUT2D eigenvalue weighted by Crippen LogP contribution is 2.08. The Morgan fingerprint density at radius 1 is 0.806 bits per heavy atom. The zero-order valence-corrected chi connectivity index (χ0v) is 22.2. The lowest BCUT2D eigenvalue weighted by Gasteiger charge is -2.34. The van der Waals surface area contributed by atoms with Gasteiger partial charge < -0.3 is 23.8 Å². The Hall–Kier alpha value is 0.260. The third kappa shape index (κ3) is 14.9. The number of rotatable bonds is 20. The molecular formula is C22H48N4O3S2. The summed E-state index contributed by atoms with van der Waals surface area (Å²) in [5.41, 5.74) is 0. The summed E-state index contributed by atoms with van der Waals surface area (Å²) < 4.78 is 23.2. The zero-order valence-electron chi connectivity index (χ0n) is 20.6. The first kappa shape index (κ1) is 29.3. The van der Waals surface area contributed by atoms with Gasteiger partial charge in [0.1, 0.15) is 0 Å².